The number of fused-ring (bicyclic) bond motifs is 1. The first-order chi connectivity index (χ1) is 14.8. The van der Waals surface area contributed by atoms with Gasteiger partial charge in [-0.15, -0.1) is 11.3 Å². The molecule has 1 aromatic heterocycles. The lowest BCUT2D eigenvalue weighted by Crippen LogP contribution is -2.27. The van der Waals surface area contributed by atoms with Crippen molar-refractivity contribution in [3.8, 4) is 6.07 Å². The monoisotopic (exact) mass is 479 g/mol. The molecule has 172 valence electrons. The van der Waals surface area contributed by atoms with Crippen molar-refractivity contribution in [2.24, 2.45) is 0 Å². The third-order valence-electron chi connectivity index (χ3n) is 5.33. The van der Waals surface area contributed by atoms with Crippen molar-refractivity contribution in [2.75, 3.05) is 0 Å². The fraction of sp³-hybridized carbons (Fsp3) is 0.455. The number of benzene rings is 1. The quantitative estimate of drug-likeness (QED) is 0.583. The molecule has 3 N–H and O–H groups in total. The minimum absolute atomic E-state index is 0.0183. The van der Waals surface area contributed by atoms with Crippen LogP contribution in [0.15, 0.2) is 22.2 Å². The molecule has 10 heteroatoms. The number of aliphatic hydroxyl groups is 2. The zero-order valence-electron chi connectivity index (χ0n) is 18.5. The Morgan fingerprint density at radius 2 is 2.09 bits per heavy atom. The summed E-state index contributed by atoms with van der Waals surface area (Å²) in [5.41, 5.74) is 0.997. The van der Waals surface area contributed by atoms with Crippen LogP contribution in [-0.4, -0.2) is 23.6 Å². The molecular formula is C22H26FN3O4S2. The molecule has 2 aromatic rings. The van der Waals surface area contributed by atoms with Crippen LogP contribution in [0.4, 0.5) is 4.39 Å². The average Bonchev–Trinajstić information content (AvgIpc) is 3.13. The van der Waals surface area contributed by atoms with E-state index in [2.05, 4.69) is 9.71 Å². The number of aliphatic hydroxyl groups excluding tert-OH is 1. The van der Waals surface area contributed by atoms with E-state index in [9.17, 15) is 28.3 Å². The summed E-state index contributed by atoms with van der Waals surface area (Å²) in [7, 11) is -4.09. The summed E-state index contributed by atoms with van der Waals surface area (Å²) >= 11 is 0.794. The molecule has 1 heterocycles. The van der Waals surface area contributed by atoms with Gasteiger partial charge in [0.15, 0.2) is 0 Å². The van der Waals surface area contributed by atoms with Gasteiger partial charge in [0.2, 0.25) is 4.34 Å². The Morgan fingerprint density at radius 1 is 1.44 bits per heavy atom. The Bertz CT molecular complexity index is 1240. The van der Waals surface area contributed by atoms with E-state index in [0.717, 1.165) is 16.9 Å². The third kappa shape index (κ3) is 4.43. The lowest BCUT2D eigenvalue weighted by atomic mass is 9.80. The molecule has 1 aliphatic rings. The average molecular weight is 480 g/mol. The molecule has 0 bridgehead atoms. The predicted octanol–water partition coefficient (Wildman–Crippen LogP) is 3.52. The van der Waals surface area contributed by atoms with E-state index in [1.807, 2.05) is 26.8 Å². The van der Waals surface area contributed by atoms with E-state index in [1.165, 1.54) is 19.9 Å². The minimum atomic E-state index is -4.09. The van der Waals surface area contributed by atoms with Crippen LogP contribution in [0, 0.1) is 17.1 Å². The number of aromatic nitrogens is 1. The number of rotatable bonds is 6. The lowest BCUT2D eigenvalue weighted by molar-refractivity contribution is 0.0796. The van der Waals surface area contributed by atoms with Crippen molar-refractivity contribution in [1.29, 1.82) is 5.26 Å². The highest BCUT2D eigenvalue weighted by molar-refractivity contribution is 7.91. The van der Waals surface area contributed by atoms with E-state index in [1.54, 1.807) is 6.08 Å². The Labute approximate surface area is 191 Å². The van der Waals surface area contributed by atoms with Crippen molar-refractivity contribution < 1.29 is 23.0 Å². The Balaban J connectivity index is 2.01. The summed E-state index contributed by atoms with van der Waals surface area (Å²) in [4.78, 5) is 4.28. The summed E-state index contributed by atoms with van der Waals surface area (Å²) in [6.07, 6.45) is 1.89. The second-order valence-electron chi connectivity index (χ2n) is 8.72. The van der Waals surface area contributed by atoms with Crippen LogP contribution < -0.4 is 4.72 Å². The molecule has 1 unspecified atom stereocenters. The first-order valence-electron chi connectivity index (χ1n) is 10.1. The number of allylic oxidation sites excluding steroid dienone is 2. The highest BCUT2D eigenvalue weighted by atomic mass is 32.2. The van der Waals surface area contributed by atoms with Gasteiger partial charge in [-0.25, -0.2) is 9.37 Å². The van der Waals surface area contributed by atoms with Gasteiger partial charge < -0.3 is 10.2 Å². The first kappa shape index (κ1) is 24.3. The summed E-state index contributed by atoms with van der Waals surface area (Å²) < 4.78 is 43.3. The van der Waals surface area contributed by atoms with Crippen LogP contribution in [-0.2, 0) is 28.7 Å². The SMILES string of the molecule is CC(C)c1c(F)c(C#N)cc2c1CC(NS(=O)(=O)c1nc(CO)c(C(C)(C)O)s1)=CC2C. The maximum atomic E-state index is 14.9. The van der Waals surface area contributed by atoms with Crippen LogP contribution in [0.2, 0.25) is 0 Å². The molecule has 7 nitrogen and oxygen atoms in total. The molecule has 32 heavy (non-hydrogen) atoms. The molecule has 0 saturated heterocycles. The normalized spacial score (nSPS) is 16.5. The molecule has 0 amide bonds. The van der Waals surface area contributed by atoms with Gasteiger partial charge in [0.1, 0.15) is 11.9 Å². The highest BCUT2D eigenvalue weighted by Gasteiger charge is 2.31. The maximum absolute atomic E-state index is 14.9. The Kier molecular flexibility index (Phi) is 6.50. The number of hydrogen-bond acceptors (Lipinski definition) is 7. The zero-order chi connectivity index (χ0) is 24.0. The Hall–Kier alpha value is -2.32. The van der Waals surface area contributed by atoms with Crippen LogP contribution >= 0.6 is 11.3 Å². The maximum Gasteiger partial charge on any atom is 0.289 e. The molecule has 1 aliphatic carbocycles. The van der Waals surface area contributed by atoms with Gasteiger partial charge in [-0.05, 0) is 42.5 Å². The fourth-order valence-corrected chi connectivity index (χ4v) is 6.41. The Morgan fingerprint density at radius 3 is 2.59 bits per heavy atom. The van der Waals surface area contributed by atoms with E-state index >= 15 is 0 Å². The van der Waals surface area contributed by atoms with Gasteiger partial charge in [0, 0.05) is 18.0 Å². The van der Waals surface area contributed by atoms with Gasteiger partial charge in [-0.2, -0.15) is 13.7 Å². The molecule has 0 aliphatic heterocycles. The second-order valence-corrected chi connectivity index (χ2v) is 11.6. The van der Waals surface area contributed by atoms with E-state index in [4.69, 9.17) is 0 Å². The molecule has 0 spiro atoms. The number of thiazole rings is 1. The number of nitriles is 1. The smallest absolute Gasteiger partial charge is 0.289 e. The molecule has 0 radical (unpaired) electrons. The van der Waals surface area contributed by atoms with Crippen molar-refractivity contribution in [3.05, 3.63) is 56.5 Å². The van der Waals surface area contributed by atoms with Gasteiger partial charge in [0.25, 0.3) is 10.0 Å². The van der Waals surface area contributed by atoms with Gasteiger partial charge >= 0.3 is 0 Å². The van der Waals surface area contributed by atoms with Crippen LogP contribution in [0.25, 0.3) is 0 Å². The second kappa shape index (κ2) is 8.56. The third-order valence-corrected chi connectivity index (χ3v) is 8.53. The number of halogens is 1. The number of nitrogens with one attached hydrogen (secondary N) is 1. The van der Waals surface area contributed by atoms with Crippen LogP contribution in [0.5, 0.6) is 0 Å². The molecule has 1 atom stereocenters. The predicted molar refractivity (Wildman–Crippen MR) is 119 cm³/mol. The van der Waals surface area contributed by atoms with Gasteiger partial charge in [-0.1, -0.05) is 26.8 Å². The van der Waals surface area contributed by atoms with Gasteiger partial charge in [0.05, 0.1) is 28.3 Å². The molecule has 0 fully saturated rings. The highest BCUT2D eigenvalue weighted by Crippen LogP contribution is 2.38. The summed E-state index contributed by atoms with van der Waals surface area (Å²) in [5.74, 6) is -1.00. The zero-order valence-corrected chi connectivity index (χ0v) is 20.2. The van der Waals surface area contributed by atoms with Crippen molar-refractivity contribution in [1.82, 2.24) is 9.71 Å². The summed E-state index contributed by atoms with van der Waals surface area (Å²) in [6.45, 7) is 7.99. The summed E-state index contributed by atoms with van der Waals surface area (Å²) in [5, 5.41) is 29.1. The number of sulfonamides is 1. The van der Waals surface area contributed by atoms with E-state index in [-0.39, 0.29) is 38.7 Å². The topological polar surface area (TPSA) is 123 Å². The van der Waals surface area contributed by atoms with Crippen molar-refractivity contribution in [2.45, 2.75) is 69.4 Å². The van der Waals surface area contributed by atoms with Crippen molar-refractivity contribution in [3.63, 3.8) is 0 Å². The van der Waals surface area contributed by atoms with E-state index in [0.29, 0.717) is 16.8 Å². The first-order valence-corrected chi connectivity index (χ1v) is 12.4. The van der Waals surface area contributed by atoms with Crippen molar-refractivity contribution >= 4 is 21.4 Å². The molecule has 3 rings (SSSR count). The van der Waals surface area contributed by atoms with Crippen LogP contribution in [0.3, 0.4) is 0 Å². The van der Waals surface area contributed by atoms with Crippen LogP contribution in [0.1, 0.15) is 79.3 Å². The summed E-state index contributed by atoms with van der Waals surface area (Å²) in [6, 6.07) is 3.44. The van der Waals surface area contributed by atoms with E-state index < -0.39 is 28.0 Å². The largest absolute Gasteiger partial charge is 0.390 e. The minimum Gasteiger partial charge on any atom is -0.390 e. The van der Waals surface area contributed by atoms with Gasteiger partial charge in [-0.3, -0.25) is 4.72 Å². The standard InChI is InChI=1S/C22H26FN3O4S2/c1-11(2)18-16-8-14(6-12(3)15(16)7-13(9-24)19(18)23)26-32(29,30)21-25-17(10-27)20(31-21)22(4,5)28/h6-7,11-12,26-28H,8,10H2,1-5H3. The number of nitrogens with zero attached hydrogens (tertiary/aromatic N) is 2. The molecule has 0 saturated carbocycles. The molecular weight excluding hydrogens is 453 g/mol. The number of hydrogen-bond donors (Lipinski definition) is 3. The lowest BCUT2D eigenvalue weighted by Gasteiger charge is -2.27. The molecule has 1 aromatic carbocycles. The fourth-order valence-electron chi connectivity index (χ4n) is 3.98.